The third kappa shape index (κ3) is 4.61. The number of benzene rings is 1. The van der Waals surface area contributed by atoms with Crippen LogP contribution in [0.15, 0.2) is 36.7 Å². The number of amides is 1. The van der Waals surface area contributed by atoms with Crippen LogP contribution in [-0.2, 0) is 17.7 Å². The number of ether oxygens (including phenoxy) is 1. The molecule has 27 heavy (non-hydrogen) atoms. The first-order chi connectivity index (χ1) is 13.3. The Kier molecular flexibility index (Phi) is 5.60. The monoisotopic (exact) mass is 367 g/mol. The number of rotatable bonds is 7. The van der Waals surface area contributed by atoms with Crippen LogP contribution in [0.5, 0.6) is 0 Å². The maximum absolute atomic E-state index is 12.3. The van der Waals surface area contributed by atoms with E-state index in [0.717, 1.165) is 32.5 Å². The Morgan fingerprint density at radius 2 is 2.07 bits per heavy atom. The van der Waals surface area contributed by atoms with Crippen LogP contribution in [0.4, 0.5) is 5.82 Å². The van der Waals surface area contributed by atoms with Crippen molar-refractivity contribution >= 4 is 11.7 Å². The molecule has 2 aromatic rings. The number of hydrogen-bond donors (Lipinski definition) is 2. The maximum atomic E-state index is 12.3. The summed E-state index contributed by atoms with van der Waals surface area (Å²) in [6, 6.07) is 10.6. The van der Waals surface area contributed by atoms with E-state index in [2.05, 4.69) is 49.8 Å². The highest BCUT2D eigenvalue weighted by Gasteiger charge is 2.19. The number of hydrogen-bond acceptors (Lipinski definition) is 6. The first kappa shape index (κ1) is 17.9. The molecule has 1 saturated heterocycles. The molecule has 2 aliphatic heterocycles. The Balaban J connectivity index is 1.20. The topological polar surface area (TPSA) is 79.4 Å². The van der Waals surface area contributed by atoms with Crippen LogP contribution in [0.1, 0.15) is 28.0 Å². The van der Waals surface area contributed by atoms with Gasteiger partial charge in [0.1, 0.15) is 17.8 Å². The summed E-state index contributed by atoms with van der Waals surface area (Å²) in [6.45, 7) is 5.04. The van der Waals surface area contributed by atoms with Crippen LogP contribution in [0.25, 0.3) is 0 Å². The maximum Gasteiger partial charge on any atom is 0.270 e. The Labute approximate surface area is 159 Å². The number of fused-ring (bicyclic) bond motifs is 1. The third-order valence-electron chi connectivity index (χ3n) is 5.04. The van der Waals surface area contributed by atoms with Crippen LogP contribution < -0.4 is 10.6 Å². The van der Waals surface area contributed by atoms with E-state index in [9.17, 15) is 4.79 Å². The van der Waals surface area contributed by atoms with Crippen molar-refractivity contribution in [3.63, 3.8) is 0 Å². The molecule has 7 nitrogen and oxygen atoms in total. The molecule has 2 N–H and O–H groups in total. The van der Waals surface area contributed by atoms with E-state index in [1.54, 1.807) is 6.07 Å². The molecule has 142 valence electrons. The normalized spacial score (nSPS) is 17.0. The first-order valence-electron chi connectivity index (χ1n) is 9.51. The summed E-state index contributed by atoms with van der Waals surface area (Å²) >= 11 is 0. The molecule has 0 bridgehead atoms. The summed E-state index contributed by atoms with van der Waals surface area (Å²) in [5.41, 5.74) is 3.27. The summed E-state index contributed by atoms with van der Waals surface area (Å²) in [4.78, 5) is 23.0. The van der Waals surface area contributed by atoms with Crippen molar-refractivity contribution in [3.8, 4) is 0 Å². The zero-order valence-electron chi connectivity index (χ0n) is 15.4. The van der Waals surface area contributed by atoms with E-state index in [1.807, 2.05) is 0 Å². The quantitative estimate of drug-likeness (QED) is 0.722. The van der Waals surface area contributed by atoms with Gasteiger partial charge in [-0.1, -0.05) is 24.3 Å². The second kappa shape index (κ2) is 8.45. The average Bonchev–Trinajstić information content (AvgIpc) is 2.68. The molecule has 0 saturated carbocycles. The van der Waals surface area contributed by atoms with E-state index in [1.165, 1.54) is 17.5 Å². The minimum absolute atomic E-state index is 0.158. The molecule has 1 aromatic carbocycles. The minimum atomic E-state index is -0.158. The predicted molar refractivity (Wildman–Crippen MR) is 103 cm³/mol. The standard InChI is InChI=1S/C20H25N5O2/c26-20(18-10-19(23-14-22-18)24-17-12-27-13-17)21-7-3-8-25-9-6-15-4-1-2-5-16(15)11-25/h1-2,4-5,10,14,17H,3,6-9,11-13H2,(H,21,26)(H,22,23,24). The molecule has 4 rings (SSSR count). The Bertz CT molecular complexity index is 793. The molecule has 0 radical (unpaired) electrons. The predicted octanol–water partition coefficient (Wildman–Crippen LogP) is 1.47. The summed E-state index contributed by atoms with van der Waals surface area (Å²) in [5.74, 6) is 0.504. The lowest BCUT2D eigenvalue weighted by Crippen LogP contribution is -2.40. The van der Waals surface area contributed by atoms with E-state index in [4.69, 9.17) is 4.74 Å². The van der Waals surface area contributed by atoms with Crippen molar-refractivity contribution in [2.45, 2.75) is 25.4 Å². The number of carbonyl (C=O) groups excluding carboxylic acids is 1. The van der Waals surface area contributed by atoms with Gasteiger partial charge in [-0.25, -0.2) is 9.97 Å². The van der Waals surface area contributed by atoms with Crippen molar-refractivity contribution in [2.75, 3.05) is 38.2 Å². The summed E-state index contributed by atoms with van der Waals surface area (Å²) < 4.78 is 5.13. The molecule has 0 atom stereocenters. The van der Waals surface area contributed by atoms with E-state index < -0.39 is 0 Å². The highest BCUT2D eigenvalue weighted by Crippen LogP contribution is 2.18. The van der Waals surface area contributed by atoms with Gasteiger partial charge in [0.25, 0.3) is 5.91 Å². The number of aromatic nitrogens is 2. The molecule has 3 heterocycles. The van der Waals surface area contributed by atoms with E-state index in [0.29, 0.717) is 31.3 Å². The van der Waals surface area contributed by atoms with Gasteiger partial charge in [-0.15, -0.1) is 0 Å². The third-order valence-corrected chi connectivity index (χ3v) is 5.04. The number of anilines is 1. The minimum Gasteiger partial charge on any atom is -0.377 e. The van der Waals surface area contributed by atoms with Crippen LogP contribution in [0.2, 0.25) is 0 Å². The van der Waals surface area contributed by atoms with Gasteiger partial charge in [0.2, 0.25) is 0 Å². The highest BCUT2D eigenvalue weighted by molar-refractivity contribution is 5.92. The molecular weight excluding hydrogens is 342 g/mol. The highest BCUT2D eigenvalue weighted by atomic mass is 16.5. The lowest BCUT2D eigenvalue weighted by molar-refractivity contribution is 0.0209. The van der Waals surface area contributed by atoms with Gasteiger partial charge in [-0.2, -0.15) is 0 Å². The van der Waals surface area contributed by atoms with Crippen LogP contribution in [-0.4, -0.2) is 59.7 Å². The van der Waals surface area contributed by atoms with Crippen molar-refractivity contribution < 1.29 is 9.53 Å². The fourth-order valence-electron chi connectivity index (χ4n) is 3.43. The van der Waals surface area contributed by atoms with Gasteiger partial charge in [-0.3, -0.25) is 9.69 Å². The fraction of sp³-hybridized carbons (Fsp3) is 0.450. The van der Waals surface area contributed by atoms with Gasteiger partial charge in [0.15, 0.2) is 0 Å². The summed E-state index contributed by atoms with van der Waals surface area (Å²) in [5, 5.41) is 6.19. The molecule has 1 amide bonds. The SMILES string of the molecule is O=C(NCCCN1CCc2ccccc2C1)c1cc(NC2COC2)ncn1. The second-order valence-corrected chi connectivity index (χ2v) is 7.07. The van der Waals surface area contributed by atoms with Crippen LogP contribution in [0.3, 0.4) is 0 Å². The van der Waals surface area contributed by atoms with Crippen molar-refractivity contribution in [2.24, 2.45) is 0 Å². The zero-order valence-corrected chi connectivity index (χ0v) is 15.4. The number of nitrogens with zero attached hydrogens (tertiary/aromatic N) is 3. The van der Waals surface area contributed by atoms with Gasteiger partial charge in [-0.05, 0) is 24.0 Å². The number of nitrogens with one attached hydrogen (secondary N) is 2. The Hall–Kier alpha value is -2.51. The Morgan fingerprint density at radius 3 is 2.89 bits per heavy atom. The average molecular weight is 367 g/mol. The van der Waals surface area contributed by atoms with Crippen LogP contribution >= 0.6 is 0 Å². The molecular formula is C20H25N5O2. The van der Waals surface area contributed by atoms with Gasteiger partial charge in [0.05, 0.1) is 19.3 Å². The lowest BCUT2D eigenvalue weighted by Gasteiger charge is -2.28. The van der Waals surface area contributed by atoms with Gasteiger partial charge >= 0.3 is 0 Å². The Morgan fingerprint density at radius 1 is 1.22 bits per heavy atom. The first-order valence-corrected chi connectivity index (χ1v) is 9.51. The van der Waals surface area contributed by atoms with E-state index >= 15 is 0 Å². The summed E-state index contributed by atoms with van der Waals surface area (Å²) in [6.07, 6.45) is 3.44. The fourth-order valence-corrected chi connectivity index (χ4v) is 3.43. The molecule has 2 aliphatic rings. The van der Waals surface area contributed by atoms with Gasteiger partial charge in [0, 0.05) is 32.2 Å². The molecule has 7 heteroatoms. The molecule has 0 aliphatic carbocycles. The molecule has 1 aromatic heterocycles. The second-order valence-electron chi connectivity index (χ2n) is 7.07. The lowest BCUT2D eigenvalue weighted by atomic mass is 10.00. The molecule has 0 spiro atoms. The zero-order chi connectivity index (χ0) is 18.5. The van der Waals surface area contributed by atoms with Crippen molar-refractivity contribution in [1.82, 2.24) is 20.2 Å². The summed E-state index contributed by atoms with van der Waals surface area (Å²) in [7, 11) is 0. The molecule has 1 fully saturated rings. The smallest absolute Gasteiger partial charge is 0.270 e. The van der Waals surface area contributed by atoms with Crippen LogP contribution in [0, 0.1) is 0 Å². The molecule has 0 unspecified atom stereocenters. The van der Waals surface area contributed by atoms with E-state index in [-0.39, 0.29) is 11.9 Å². The largest absolute Gasteiger partial charge is 0.377 e. The van der Waals surface area contributed by atoms with Crippen molar-refractivity contribution in [1.29, 1.82) is 0 Å². The van der Waals surface area contributed by atoms with Crippen molar-refractivity contribution in [3.05, 3.63) is 53.5 Å². The van der Waals surface area contributed by atoms with Gasteiger partial charge < -0.3 is 15.4 Å². The number of carbonyl (C=O) groups is 1.